The Morgan fingerprint density at radius 3 is 2.58 bits per heavy atom. The van der Waals surface area contributed by atoms with Gasteiger partial charge >= 0.3 is 0 Å². The predicted molar refractivity (Wildman–Crippen MR) is 150 cm³/mol. The molecule has 0 spiro atoms. The summed E-state index contributed by atoms with van der Waals surface area (Å²) < 4.78 is 8.61. The van der Waals surface area contributed by atoms with Crippen LogP contribution in [0.5, 0.6) is 0 Å². The van der Waals surface area contributed by atoms with E-state index in [-0.39, 0.29) is 0 Å². The molecule has 3 heterocycles. The third kappa shape index (κ3) is 3.02. The number of benzene rings is 4. The van der Waals surface area contributed by atoms with Crippen LogP contribution in [-0.4, -0.2) is 9.38 Å². The Morgan fingerprint density at radius 1 is 0.889 bits per heavy atom. The van der Waals surface area contributed by atoms with Gasteiger partial charge in [0, 0.05) is 40.4 Å². The Kier molecular flexibility index (Phi) is 4.69. The zero-order chi connectivity index (χ0) is 24.4. The van der Waals surface area contributed by atoms with Gasteiger partial charge in [0.1, 0.15) is 16.8 Å². The van der Waals surface area contributed by atoms with Gasteiger partial charge in [0.25, 0.3) is 0 Å². The quantitative estimate of drug-likeness (QED) is 0.241. The monoisotopic (exact) mass is 468 g/mol. The molecule has 0 amide bonds. The lowest BCUT2D eigenvalue weighted by Crippen LogP contribution is -2.00. The summed E-state index contributed by atoms with van der Waals surface area (Å²) in [4.78, 5) is 4.81. The fraction of sp³-hybridized carbons (Fsp3) is 0.182. The number of aromatic nitrogens is 2. The average molecular weight is 469 g/mol. The van der Waals surface area contributed by atoms with Gasteiger partial charge in [-0.2, -0.15) is 0 Å². The van der Waals surface area contributed by atoms with Crippen LogP contribution in [0.15, 0.2) is 89.6 Å². The van der Waals surface area contributed by atoms with Crippen molar-refractivity contribution in [2.24, 2.45) is 0 Å². The summed E-state index contributed by atoms with van der Waals surface area (Å²) in [5, 5.41) is 6.21. The fourth-order valence-corrected chi connectivity index (χ4v) is 5.99. The lowest BCUT2D eigenvalue weighted by Gasteiger charge is -2.17. The van der Waals surface area contributed by atoms with Crippen molar-refractivity contribution in [1.29, 1.82) is 0 Å². The molecule has 0 aliphatic heterocycles. The molecule has 0 aliphatic carbocycles. The molecule has 4 aromatic carbocycles. The van der Waals surface area contributed by atoms with E-state index in [0.29, 0.717) is 5.92 Å². The van der Waals surface area contributed by atoms with E-state index in [1.807, 2.05) is 12.3 Å². The van der Waals surface area contributed by atoms with E-state index in [1.165, 1.54) is 54.7 Å². The number of pyridine rings is 1. The number of imidazole rings is 1. The van der Waals surface area contributed by atoms with Gasteiger partial charge in [0.15, 0.2) is 0 Å². The van der Waals surface area contributed by atoms with Crippen molar-refractivity contribution in [3.63, 3.8) is 0 Å². The van der Waals surface area contributed by atoms with Crippen LogP contribution >= 0.6 is 0 Å². The van der Waals surface area contributed by atoms with Gasteiger partial charge < -0.3 is 4.42 Å². The minimum Gasteiger partial charge on any atom is -0.456 e. The van der Waals surface area contributed by atoms with Gasteiger partial charge in [0.2, 0.25) is 0 Å². The van der Waals surface area contributed by atoms with E-state index in [2.05, 4.69) is 98.1 Å². The van der Waals surface area contributed by atoms with E-state index < -0.39 is 0 Å². The summed E-state index contributed by atoms with van der Waals surface area (Å²) in [7, 11) is 0. The molecular weight excluding hydrogens is 440 g/mol. The zero-order valence-electron chi connectivity index (χ0n) is 20.9. The van der Waals surface area contributed by atoms with E-state index >= 15 is 0 Å². The summed E-state index contributed by atoms with van der Waals surface area (Å²) in [5.41, 5.74) is 9.38. The minimum atomic E-state index is 0.474. The van der Waals surface area contributed by atoms with Gasteiger partial charge in [-0.3, -0.25) is 4.40 Å². The van der Waals surface area contributed by atoms with Crippen LogP contribution in [0, 0.1) is 6.92 Å². The van der Waals surface area contributed by atoms with E-state index in [0.717, 1.165) is 29.7 Å². The molecule has 0 N–H and O–H groups in total. The van der Waals surface area contributed by atoms with Crippen LogP contribution in [-0.2, 0) is 6.42 Å². The standard InChI is InChI=1S/C33H28N2O/c1-4-20(2)24-11-8-12-26-28-19-22(17-21(3)31(28)35-16-15-34-33(35)30(24)26)18-23-9-7-13-27-25-10-5-6-14-29(25)36-32(23)27/h5-17,19-20H,4,18H2,1-3H3. The molecule has 0 radical (unpaired) electrons. The third-order valence-electron chi connectivity index (χ3n) is 7.88. The van der Waals surface area contributed by atoms with Crippen LogP contribution in [0.1, 0.15) is 48.4 Å². The zero-order valence-corrected chi connectivity index (χ0v) is 20.9. The number of furan rings is 1. The number of para-hydroxylation sites is 2. The maximum absolute atomic E-state index is 6.33. The summed E-state index contributed by atoms with van der Waals surface area (Å²) in [6, 6.07) is 26.3. The Bertz CT molecular complexity index is 1940. The molecule has 0 fully saturated rings. The van der Waals surface area contributed by atoms with Gasteiger partial charge in [-0.25, -0.2) is 4.98 Å². The topological polar surface area (TPSA) is 30.4 Å². The Morgan fingerprint density at radius 2 is 1.69 bits per heavy atom. The molecule has 176 valence electrons. The van der Waals surface area contributed by atoms with Crippen molar-refractivity contribution in [1.82, 2.24) is 9.38 Å². The van der Waals surface area contributed by atoms with Crippen LogP contribution in [0.4, 0.5) is 0 Å². The predicted octanol–water partition coefficient (Wildman–Crippen LogP) is 8.95. The van der Waals surface area contributed by atoms with Crippen LogP contribution in [0.2, 0.25) is 0 Å². The van der Waals surface area contributed by atoms with Crippen LogP contribution in [0.25, 0.3) is 49.3 Å². The summed E-state index contributed by atoms with van der Waals surface area (Å²) in [5.74, 6) is 0.474. The van der Waals surface area contributed by atoms with Crippen molar-refractivity contribution in [2.75, 3.05) is 0 Å². The number of rotatable bonds is 4. The SMILES string of the molecule is CCC(C)c1cccc2c3cc(Cc4cccc5c4oc4ccccc45)cc(C)c3n3ccnc3c12. The molecule has 7 aromatic rings. The van der Waals surface area contributed by atoms with Gasteiger partial charge in [-0.05, 0) is 59.0 Å². The second-order valence-corrected chi connectivity index (χ2v) is 10.1. The molecule has 0 saturated carbocycles. The normalized spacial score (nSPS) is 13.0. The fourth-order valence-electron chi connectivity index (χ4n) is 5.99. The average Bonchev–Trinajstić information content (AvgIpc) is 3.53. The Balaban J connectivity index is 1.48. The molecule has 1 atom stereocenters. The summed E-state index contributed by atoms with van der Waals surface area (Å²) in [6.45, 7) is 6.79. The number of hydrogen-bond donors (Lipinski definition) is 0. The number of fused-ring (bicyclic) bond motifs is 9. The first-order valence-electron chi connectivity index (χ1n) is 12.8. The highest BCUT2D eigenvalue weighted by atomic mass is 16.3. The molecule has 3 heteroatoms. The lowest BCUT2D eigenvalue weighted by atomic mass is 9.90. The van der Waals surface area contributed by atoms with E-state index in [1.54, 1.807) is 0 Å². The first-order valence-corrected chi connectivity index (χ1v) is 12.8. The molecule has 36 heavy (non-hydrogen) atoms. The van der Waals surface area contributed by atoms with Crippen molar-refractivity contribution in [3.8, 4) is 0 Å². The molecule has 0 aliphatic rings. The molecular formula is C33H28N2O. The smallest absolute Gasteiger partial charge is 0.145 e. The highest BCUT2D eigenvalue weighted by molar-refractivity contribution is 6.14. The lowest BCUT2D eigenvalue weighted by molar-refractivity contribution is 0.664. The molecule has 1 unspecified atom stereocenters. The van der Waals surface area contributed by atoms with Crippen molar-refractivity contribution < 1.29 is 4.42 Å². The Labute approximate surface area is 210 Å². The van der Waals surface area contributed by atoms with Crippen molar-refractivity contribution >= 4 is 49.3 Å². The van der Waals surface area contributed by atoms with E-state index in [4.69, 9.17) is 9.40 Å². The van der Waals surface area contributed by atoms with Crippen molar-refractivity contribution in [2.45, 2.75) is 39.5 Å². The van der Waals surface area contributed by atoms with E-state index in [9.17, 15) is 0 Å². The summed E-state index contributed by atoms with van der Waals surface area (Å²) >= 11 is 0. The second kappa shape index (κ2) is 7.96. The highest BCUT2D eigenvalue weighted by Gasteiger charge is 2.18. The highest BCUT2D eigenvalue weighted by Crippen LogP contribution is 2.38. The first kappa shape index (κ1) is 21.2. The maximum atomic E-state index is 6.33. The molecule has 3 aromatic heterocycles. The molecule has 0 saturated heterocycles. The summed E-state index contributed by atoms with van der Waals surface area (Å²) in [6.07, 6.45) is 5.95. The largest absolute Gasteiger partial charge is 0.456 e. The molecule has 0 bridgehead atoms. The number of hydrogen-bond acceptors (Lipinski definition) is 2. The number of nitrogens with zero attached hydrogens (tertiary/aromatic N) is 2. The third-order valence-corrected chi connectivity index (χ3v) is 7.88. The van der Waals surface area contributed by atoms with Gasteiger partial charge in [0.05, 0.1) is 5.52 Å². The van der Waals surface area contributed by atoms with Crippen molar-refractivity contribution in [3.05, 3.63) is 107 Å². The van der Waals surface area contributed by atoms with Gasteiger partial charge in [-0.1, -0.05) is 74.5 Å². The Hall–Kier alpha value is -4.11. The molecule has 3 nitrogen and oxygen atoms in total. The molecule has 7 rings (SSSR count). The van der Waals surface area contributed by atoms with Crippen LogP contribution in [0.3, 0.4) is 0 Å². The first-order chi connectivity index (χ1) is 17.6. The van der Waals surface area contributed by atoms with Crippen LogP contribution < -0.4 is 0 Å². The second-order valence-electron chi connectivity index (χ2n) is 10.1. The minimum absolute atomic E-state index is 0.474. The maximum Gasteiger partial charge on any atom is 0.145 e. The van der Waals surface area contributed by atoms with Gasteiger partial charge in [-0.15, -0.1) is 0 Å². The number of aryl methyl sites for hydroxylation is 1.